The topological polar surface area (TPSA) is 63.2 Å². The molecular formula is C15H13ClFNO3S. The summed E-state index contributed by atoms with van der Waals surface area (Å²) >= 11 is 5.74. The molecule has 0 bridgehead atoms. The molecule has 0 aliphatic heterocycles. The molecule has 0 aromatic heterocycles. The van der Waals surface area contributed by atoms with E-state index in [-0.39, 0.29) is 21.2 Å². The van der Waals surface area contributed by atoms with Gasteiger partial charge in [-0.15, -0.1) is 0 Å². The zero-order valence-electron chi connectivity index (χ0n) is 11.6. The monoisotopic (exact) mass is 341 g/mol. The SMILES string of the molecule is CCS(=O)(=O)c1ccc(NC(=O)c2cc(Cl)ccc2F)cc1. The predicted molar refractivity (Wildman–Crippen MR) is 83.5 cm³/mol. The van der Waals surface area contributed by atoms with Crippen LogP contribution in [-0.2, 0) is 9.84 Å². The number of carbonyl (C=O) groups excluding carboxylic acids is 1. The lowest BCUT2D eigenvalue weighted by Crippen LogP contribution is -2.14. The van der Waals surface area contributed by atoms with Gasteiger partial charge in [0.1, 0.15) is 5.82 Å². The standard InChI is InChI=1S/C15H13ClFNO3S/c1-2-22(20,21)12-6-4-11(5-7-12)18-15(19)13-9-10(16)3-8-14(13)17/h3-9H,2H2,1H3,(H,18,19). The first-order valence-corrected chi connectivity index (χ1v) is 8.45. The zero-order chi connectivity index (χ0) is 16.3. The number of anilines is 1. The molecule has 0 unspecified atom stereocenters. The molecule has 0 aliphatic carbocycles. The van der Waals surface area contributed by atoms with Crippen molar-refractivity contribution in [2.75, 3.05) is 11.1 Å². The number of rotatable bonds is 4. The first-order valence-electron chi connectivity index (χ1n) is 6.42. The Kier molecular flexibility index (Phi) is 4.83. The normalized spacial score (nSPS) is 11.2. The Morgan fingerprint density at radius 3 is 2.41 bits per heavy atom. The van der Waals surface area contributed by atoms with Gasteiger partial charge in [0.25, 0.3) is 5.91 Å². The molecule has 0 radical (unpaired) electrons. The van der Waals surface area contributed by atoms with Crippen molar-refractivity contribution in [2.24, 2.45) is 0 Å². The quantitative estimate of drug-likeness (QED) is 0.925. The summed E-state index contributed by atoms with van der Waals surface area (Å²) in [6.45, 7) is 1.55. The van der Waals surface area contributed by atoms with E-state index in [9.17, 15) is 17.6 Å². The molecule has 1 amide bonds. The molecule has 0 saturated carbocycles. The summed E-state index contributed by atoms with van der Waals surface area (Å²) in [6, 6.07) is 9.35. The number of hydrogen-bond donors (Lipinski definition) is 1. The number of amides is 1. The van der Waals surface area contributed by atoms with Crippen molar-refractivity contribution in [2.45, 2.75) is 11.8 Å². The molecule has 1 N–H and O–H groups in total. The van der Waals surface area contributed by atoms with Crippen molar-refractivity contribution >= 4 is 33.0 Å². The Bertz CT molecular complexity index is 804. The first-order chi connectivity index (χ1) is 10.3. The minimum Gasteiger partial charge on any atom is -0.322 e. The molecule has 2 aromatic rings. The van der Waals surface area contributed by atoms with Crippen LogP contribution in [0.5, 0.6) is 0 Å². The van der Waals surface area contributed by atoms with Gasteiger partial charge < -0.3 is 5.32 Å². The summed E-state index contributed by atoms with van der Waals surface area (Å²) in [5, 5.41) is 2.74. The van der Waals surface area contributed by atoms with Crippen LogP contribution >= 0.6 is 11.6 Å². The van der Waals surface area contributed by atoms with Crippen molar-refractivity contribution in [3.63, 3.8) is 0 Å². The van der Waals surface area contributed by atoms with Crippen LogP contribution in [0.1, 0.15) is 17.3 Å². The first kappa shape index (κ1) is 16.5. The highest BCUT2D eigenvalue weighted by Crippen LogP contribution is 2.19. The molecule has 0 saturated heterocycles. The van der Waals surface area contributed by atoms with Crippen LogP contribution in [0.15, 0.2) is 47.4 Å². The van der Waals surface area contributed by atoms with Crippen LogP contribution in [-0.4, -0.2) is 20.1 Å². The third kappa shape index (κ3) is 3.64. The van der Waals surface area contributed by atoms with Crippen LogP contribution in [0.3, 0.4) is 0 Å². The minimum atomic E-state index is -3.30. The van der Waals surface area contributed by atoms with Gasteiger partial charge in [0.05, 0.1) is 16.2 Å². The lowest BCUT2D eigenvalue weighted by molar-refractivity contribution is 0.102. The van der Waals surface area contributed by atoms with Crippen LogP contribution in [0, 0.1) is 5.82 Å². The van der Waals surface area contributed by atoms with Crippen LogP contribution < -0.4 is 5.32 Å². The second-order valence-corrected chi connectivity index (χ2v) is 7.22. The Labute approximate surface area is 132 Å². The second kappa shape index (κ2) is 6.46. The third-order valence-electron chi connectivity index (χ3n) is 3.02. The molecule has 0 aliphatic rings. The Balaban J connectivity index is 2.21. The van der Waals surface area contributed by atoms with E-state index in [1.165, 1.54) is 36.4 Å². The maximum absolute atomic E-state index is 13.6. The number of nitrogens with one attached hydrogen (secondary N) is 1. The van der Waals surface area contributed by atoms with Crippen molar-refractivity contribution in [1.82, 2.24) is 0 Å². The van der Waals surface area contributed by atoms with Crippen LogP contribution in [0.4, 0.5) is 10.1 Å². The Hall–Kier alpha value is -1.92. The van der Waals surface area contributed by atoms with Crippen molar-refractivity contribution in [1.29, 1.82) is 0 Å². The molecule has 2 rings (SSSR count). The average molecular weight is 342 g/mol. The maximum Gasteiger partial charge on any atom is 0.258 e. The lowest BCUT2D eigenvalue weighted by atomic mass is 10.2. The average Bonchev–Trinajstić information content (AvgIpc) is 2.50. The molecule has 116 valence electrons. The van der Waals surface area contributed by atoms with E-state index in [0.29, 0.717) is 5.69 Å². The summed E-state index contributed by atoms with van der Waals surface area (Å²) in [5.41, 5.74) is 0.178. The number of hydrogen-bond acceptors (Lipinski definition) is 3. The highest BCUT2D eigenvalue weighted by Gasteiger charge is 2.14. The predicted octanol–water partition coefficient (Wildman–Crippen LogP) is 3.53. The summed E-state index contributed by atoms with van der Waals surface area (Å²) in [7, 11) is -3.30. The highest BCUT2D eigenvalue weighted by atomic mass is 35.5. The van der Waals surface area contributed by atoms with E-state index < -0.39 is 21.6 Å². The van der Waals surface area contributed by atoms with Gasteiger partial charge in [0.2, 0.25) is 0 Å². The van der Waals surface area contributed by atoms with E-state index in [0.717, 1.165) is 6.07 Å². The van der Waals surface area contributed by atoms with Gasteiger partial charge in [0, 0.05) is 10.7 Å². The van der Waals surface area contributed by atoms with Crippen molar-refractivity contribution < 1.29 is 17.6 Å². The molecule has 0 heterocycles. The Morgan fingerprint density at radius 1 is 1.18 bits per heavy atom. The fourth-order valence-electron chi connectivity index (χ4n) is 1.78. The molecule has 0 fully saturated rings. The van der Waals surface area contributed by atoms with E-state index in [2.05, 4.69) is 5.32 Å². The summed E-state index contributed by atoms with van der Waals surface area (Å²) < 4.78 is 37.0. The fourth-order valence-corrected chi connectivity index (χ4v) is 2.84. The number of halogens is 2. The molecule has 7 heteroatoms. The van der Waals surface area contributed by atoms with Gasteiger partial charge in [-0.05, 0) is 42.5 Å². The number of carbonyl (C=O) groups is 1. The fraction of sp³-hybridized carbons (Fsp3) is 0.133. The van der Waals surface area contributed by atoms with Crippen LogP contribution in [0.25, 0.3) is 0 Å². The zero-order valence-corrected chi connectivity index (χ0v) is 13.2. The molecule has 2 aromatic carbocycles. The van der Waals surface area contributed by atoms with Crippen molar-refractivity contribution in [3.05, 3.63) is 58.9 Å². The van der Waals surface area contributed by atoms with E-state index >= 15 is 0 Å². The van der Waals surface area contributed by atoms with Gasteiger partial charge in [-0.25, -0.2) is 12.8 Å². The summed E-state index contributed by atoms with van der Waals surface area (Å²) in [6.07, 6.45) is 0. The largest absolute Gasteiger partial charge is 0.322 e. The molecular weight excluding hydrogens is 329 g/mol. The summed E-state index contributed by atoms with van der Waals surface area (Å²) in [5.74, 6) is -1.36. The smallest absolute Gasteiger partial charge is 0.258 e. The van der Waals surface area contributed by atoms with Gasteiger partial charge in [-0.1, -0.05) is 18.5 Å². The Morgan fingerprint density at radius 2 is 1.82 bits per heavy atom. The molecule has 4 nitrogen and oxygen atoms in total. The minimum absolute atomic E-state index is 0.00751. The van der Waals surface area contributed by atoms with Gasteiger partial charge in [0.15, 0.2) is 9.84 Å². The summed E-state index contributed by atoms with van der Waals surface area (Å²) in [4.78, 5) is 12.2. The second-order valence-electron chi connectivity index (χ2n) is 4.51. The van der Waals surface area contributed by atoms with Gasteiger partial charge in [-0.3, -0.25) is 4.79 Å². The molecule has 0 atom stereocenters. The highest BCUT2D eigenvalue weighted by molar-refractivity contribution is 7.91. The van der Waals surface area contributed by atoms with E-state index in [1.54, 1.807) is 6.92 Å². The maximum atomic E-state index is 13.6. The number of sulfone groups is 1. The third-order valence-corrected chi connectivity index (χ3v) is 5.01. The lowest BCUT2D eigenvalue weighted by Gasteiger charge is -2.08. The van der Waals surface area contributed by atoms with Crippen LogP contribution in [0.2, 0.25) is 5.02 Å². The number of benzene rings is 2. The van der Waals surface area contributed by atoms with E-state index in [4.69, 9.17) is 11.6 Å². The molecule has 22 heavy (non-hydrogen) atoms. The molecule has 0 spiro atoms. The van der Waals surface area contributed by atoms with Gasteiger partial charge in [-0.2, -0.15) is 0 Å². The van der Waals surface area contributed by atoms with Crippen molar-refractivity contribution in [3.8, 4) is 0 Å². The van der Waals surface area contributed by atoms with Gasteiger partial charge >= 0.3 is 0 Å². The van der Waals surface area contributed by atoms with E-state index in [1.807, 2.05) is 0 Å².